The zero-order valence-electron chi connectivity index (χ0n) is 7.98. The molecule has 1 saturated heterocycles. The first kappa shape index (κ1) is 9.80. The number of nitrogens with zero attached hydrogens (tertiary/aromatic N) is 1. The van der Waals surface area contributed by atoms with Crippen molar-refractivity contribution in [2.24, 2.45) is 0 Å². The van der Waals surface area contributed by atoms with Crippen LogP contribution in [0.15, 0.2) is 24.5 Å². The molecule has 0 bridgehead atoms. The summed E-state index contributed by atoms with van der Waals surface area (Å²) in [7, 11) is -0.749. The van der Waals surface area contributed by atoms with E-state index in [1.165, 1.54) is 0 Å². The van der Waals surface area contributed by atoms with Crippen molar-refractivity contribution in [1.82, 2.24) is 10.3 Å². The summed E-state index contributed by atoms with van der Waals surface area (Å²) in [5, 5.41) is 3.56. The summed E-state index contributed by atoms with van der Waals surface area (Å²) < 4.78 is 11.9. The van der Waals surface area contributed by atoms with Crippen LogP contribution in [0.2, 0.25) is 0 Å². The largest absolute Gasteiger partial charge is 0.315 e. The molecule has 2 rings (SSSR count). The average Bonchev–Trinajstić information content (AvgIpc) is 2.72. The first-order valence-corrected chi connectivity index (χ1v) is 6.21. The zero-order valence-corrected chi connectivity index (χ0v) is 8.80. The van der Waals surface area contributed by atoms with Gasteiger partial charge >= 0.3 is 0 Å². The second kappa shape index (κ2) is 4.66. The minimum atomic E-state index is -0.749. The Balaban J connectivity index is 1.94. The fourth-order valence-corrected chi connectivity index (χ4v) is 3.04. The molecule has 14 heavy (non-hydrogen) atoms. The lowest BCUT2D eigenvalue weighted by atomic mass is 10.3. The van der Waals surface area contributed by atoms with Gasteiger partial charge in [0.05, 0.1) is 5.75 Å². The van der Waals surface area contributed by atoms with Crippen LogP contribution >= 0.6 is 0 Å². The average molecular weight is 210 g/mol. The SMILES string of the molecule is O=[S@@](Cc1cccnc1)[C@@H]1CCNC1. The van der Waals surface area contributed by atoms with Crippen LogP contribution in [-0.4, -0.2) is 27.5 Å². The molecule has 1 aliphatic heterocycles. The highest BCUT2D eigenvalue weighted by Gasteiger charge is 2.20. The Morgan fingerprint density at radius 2 is 2.57 bits per heavy atom. The van der Waals surface area contributed by atoms with Crippen LogP contribution in [-0.2, 0) is 16.6 Å². The van der Waals surface area contributed by atoms with Gasteiger partial charge in [0.15, 0.2) is 0 Å². The Labute approximate surface area is 86.4 Å². The van der Waals surface area contributed by atoms with Crippen LogP contribution in [0, 0.1) is 0 Å². The molecular weight excluding hydrogens is 196 g/mol. The Morgan fingerprint density at radius 1 is 1.64 bits per heavy atom. The third-order valence-corrected chi connectivity index (χ3v) is 4.18. The summed E-state index contributed by atoms with van der Waals surface area (Å²) in [5.41, 5.74) is 1.07. The minimum Gasteiger partial charge on any atom is -0.315 e. The third kappa shape index (κ3) is 2.39. The first-order chi connectivity index (χ1) is 6.86. The second-order valence-electron chi connectivity index (χ2n) is 3.50. The van der Waals surface area contributed by atoms with E-state index in [0.29, 0.717) is 11.0 Å². The number of hydrogen-bond acceptors (Lipinski definition) is 3. The molecule has 2 heterocycles. The molecule has 76 valence electrons. The molecule has 4 heteroatoms. The van der Waals surface area contributed by atoms with E-state index in [9.17, 15) is 4.21 Å². The van der Waals surface area contributed by atoms with Crippen LogP contribution in [0.4, 0.5) is 0 Å². The van der Waals surface area contributed by atoms with Gasteiger partial charge in [0.1, 0.15) is 0 Å². The van der Waals surface area contributed by atoms with Gasteiger partial charge in [-0.1, -0.05) is 6.07 Å². The summed E-state index contributed by atoms with van der Waals surface area (Å²) in [4.78, 5) is 4.01. The van der Waals surface area contributed by atoms with Gasteiger partial charge in [0.25, 0.3) is 0 Å². The van der Waals surface area contributed by atoms with E-state index < -0.39 is 10.8 Å². The monoisotopic (exact) mass is 210 g/mol. The molecule has 0 unspecified atom stereocenters. The predicted octanol–water partition coefficient (Wildman–Crippen LogP) is 0.692. The fraction of sp³-hybridized carbons (Fsp3) is 0.500. The van der Waals surface area contributed by atoms with Gasteiger partial charge in [-0.15, -0.1) is 0 Å². The molecule has 1 aliphatic rings. The van der Waals surface area contributed by atoms with Crippen LogP contribution in [0.5, 0.6) is 0 Å². The van der Waals surface area contributed by atoms with E-state index in [1.54, 1.807) is 12.4 Å². The quantitative estimate of drug-likeness (QED) is 0.798. The number of rotatable bonds is 3. The number of nitrogens with one attached hydrogen (secondary N) is 1. The molecule has 1 aromatic heterocycles. The molecule has 0 radical (unpaired) electrons. The number of aromatic nitrogens is 1. The molecular formula is C10H14N2OS. The van der Waals surface area contributed by atoms with E-state index in [4.69, 9.17) is 0 Å². The maximum atomic E-state index is 11.9. The normalized spacial score (nSPS) is 23.6. The minimum absolute atomic E-state index is 0.329. The first-order valence-electron chi connectivity index (χ1n) is 4.83. The maximum absolute atomic E-state index is 11.9. The lowest BCUT2D eigenvalue weighted by Crippen LogP contribution is -2.19. The molecule has 2 atom stereocenters. The summed E-state index contributed by atoms with van der Waals surface area (Å²) in [6, 6.07) is 3.87. The maximum Gasteiger partial charge on any atom is 0.0504 e. The summed E-state index contributed by atoms with van der Waals surface area (Å²) in [6.45, 7) is 1.90. The molecule has 1 N–H and O–H groups in total. The van der Waals surface area contributed by atoms with Crippen LogP contribution in [0.3, 0.4) is 0 Å². The van der Waals surface area contributed by atoms with E-state index in [1.807, 2.05) is 12.1 Å². The summed E-state index contributed by atoms with van der Waals surface area (Å²) in [5.74, 6) is 0.639. The molecule has 0 amide bonds. The Kier molecular flexibility index (Phi) is 3.26. The lowest BCUT2D eigenvalue weighted by molar-refractivity contribution is 0.672. The summed E-state index contributed by atoms with van der Waals surface area (Å²) >= 11 is 0. The van der Waals surface area contributed by atoms with Gasteiger partial charge in [-0.3, -0.25) is 9.19 Å². The van der Waals surface area contributed by atoms with Gasteiger partial charge in [-0.05, 0) is 24.6 Å². The van der Waals surface area contributed by atoms with Crippen LogP contribution in [0.25, 0.3) is 0 Å². The highest BCUT2D eigenvalue weighted by atomic mass is 32.2. The molecule has 3 nitrogen and oxygen atoms in total. The van der Waals surface area contributed by atoms with Crippen molar-refractivity contribution in [2.75, 3.05) is 13.1 Å². The Morgan fingerprint density at radius 3 is 3.21 bits per heavy atom. The van der Waals surface area contributed by atoms with Crippen LogP contribution in [0.1, 0.15) is 12.0 Å². The molecule has 0 aliphatic carbocycles. The molecule has 0 aromatic carbocycles. The Hall–Kier alpha value is -0.740. The molecule has 0 saturated carbocycles. The van der Waals surface area contributed by atoms with Crippen molar-refractivity contribution < 1.29 is 4.21 Å². The van der Waals surface area contributed by atoms with Crippen molar-refractivity contribution in [1.29, 1.82) is 0 Å². The van der Waals surface area contributed by atoms with Gasteiger partial charge in [-0.25, -0.2) is 0 Å². The van der Waals surface area contributed by atoms with E-state index >= 15 is 0 Å². The number of pyridine rings is 1. The zero-order chi connectivity index (χ0) is 9.80. The van der Waals surface area contributed by atoms with E-state index in [2.05, 4.69) is 10.3 Å². The number of hydrogen-bond donors (Lipinski definition) is 1. The topological polar surface area (TPSA) is 42.0 Å². The Bertz CT molecular complexity index is 309. The van der Waals surface area contributed by atoms with Gasteiger partial charge in [0.2, 0.25) is 0 Å². The fourth-order valence-electron chi connectivity index (χ4n) is 1.62. The second-order valence-corrected chi connectivity index (χ2v) is 5.22. The van der Waals surface area contributed by atoms with Gasteiger partial charge in [0, 0.05) is 35.0 Å². The summed E-state index contributed by atoms with van der Waals surface area (Å²) in [6.07, 6.45) is 4.57. The lowest BCUT2D eigenvalue weighted by Gasteiger charge is -2.07. The standard InChI is InChI=1S/C10H14N2OS/c13-14(10-3-5-12-7-10)8-9-2-1-4-11-6-9/h1-2,4,6,10,12H,3,5,7-8H2/t10-,14+/m1/s1. The predicted molar refractivity (Wildman–Crippen MR) is 57.4 cm³/mol. The highest BCUT2D eigenvalue weighted by Crippen LogP contribution is 2.11. The smallest absolute Gasteiger partial charge is 0.0504 e. The van der Waals surface area contributed by atoms with Crippen molar-refractivity contribution >= 4 is 10.8 Å². The van der Waals surface area contributed by atoms with E-state index in [-0.39, 0.29) is 0 Å². The van der Waals surface area contributed by atoms with Crippen molar-refractivity contribution in [3.8, 4) is 0 Å². The van der Waals surface area contributed by atoms with Gasteiger partial charge in [-0.2, -0.15) is 0 Å². The molecule has 0 spiro atoms. The van der Waals surface area contributed by atoms with Crippen LogP contribution < -0.4 is 5.32 Å². The van der Waals surface area contributed by atoms with E-state index in [0.717, 1.165) is 25.1 Å². The van der Waals surface area contributed by atoms with Crippen molar-refractivity contribution in [3.63, 3.8) is 0 Å². The molecule has 1 fully saturated rings. The highest BCUT2D eigenvalue weighted by molar-refractivity contribution is 7.84. The van der Waals surface area contributed by atoms with Crippen molar-refractivity contribution in [2.45, 2.75) is 17.4 Å². The molecule has 1 aromatic rings. The third-order valence-electron chi connectivity index (χ3n) is 2.42. The van der Waals surface area contributed by atoms with Gasteiger partial charge < -0.3 is 5.32 Å². The van der Waals surface area contributed by atoms with Crippen molar-refractivity contribution in [3.05, 3.63) is 30.1 Å².